The van der Waals surface area contributed by atoms with Gasteiger partial charge in [0, 0.05) is 24.8 Å². The van der Waals surface area contributed by atoms with Crippen LogP contribution < -0.4 is 10.6 Å². The third-order valence-corrected chi connectivity index (χ3v) is 3.79. The minimum absolute atomic E-state index is 0.500. The summed E-state index contributed by atoms with van der Waals surface area (Å²) in [6.07, 6.45) is 3.28. The Morgan fingerprint density at radius 2 is 2.00 bits per heavy atom. The molecule has 0 amide bonds. The molecule has 2 N–H and O–H groups in total. The molecule has 0 saturated carbocycles. The van der Waals surface area contributed by atoms with Crippen molar-refractivity contribution >= 4 is 5.69 Å². The lowest BCUT2D eigenvalue weighted by atomic mass is 10.0. The molecule has 1 aromatic rings. The molecular formula is C16H26N2O. The Labute approximate surface area is 116 Å². The van der Waals surface area contributed by atoms with Crippen molar-refractivity contribution in [2.24, 2.45) is 0 Å². The van der Waals surface area contributed by atoms with Crippen LogP contribution >= 0.6 is 0 Å². The summed E-state index contributed by atoms with van der Waals surface area (Å²) in [6.45, 7) is 8.12. The van der Waals surface area contributed by atoms with E-state index in [4.69, 9.17) is 4.74 Å². The quantitative estimate of drug-likeness (QED) is 0.827. The SMILES string of the molecule is CCc1cccc(CC)c1NCCC1COCCN1. The molecule has 1 aromatic carbocycles. The van der Waals surface area contributed by atoms with E-state index in [1.165, 1.54) is 16.8 Å². The van der Waals surface area contributed by atoms with Gasteiger partial charge in [-0.05, 0) is 30.4 Å². The van der Waals surface area contributed by atoms with Crippen LogP contribution in [0.3, 0.4) is 0 Å². The standard InChI is InChI=1S/C16H26N2O/c1-3-13-6-5-7-14(4-2)16(13)18-9-8-15-12-19-11-10-17-15/h5-7,15,17-18H,3-4,8-12H2,1-2H3. The summed E-state index contributed by atoms with van der Waals surface area (Å²) in [5.74, 6) is 0. The summed E-state index contributed by atoms with van der Waals surface area (Å²) in [4.78, 5) is 0. The predicted octanol–water partition coefficient (Wildman–Crippen LogP) is 2.60. The highest BCUT2D eigenvalue weighted by molar-refractivity contribution is 5.57. The molecule has 1 saturated heterocycles. The Bertz CT molecular complexity index is 364. The molecule has 0 aromatic heterocycles. The van der Waals surface area contributed by atoms with Crippen molar-refractivity contribution in [1.82, 2.24) is 5.32 Å². The molecule has 0 aliphatic carbocycles. The summed E-state index contributed by atoms with van der Waals surface area (Å²) < 4.78 is 5.48. The second kappa shape index (κ2) is 7.51. The molecule has 0 spiro atoms. The van der Waals surface area contributed by atoms with Gasteiger partial charge in [-0.15, -0.1) is 0 Å². The van der Waals surface area contributed by atoms with Crippen LogP contribution in [0.1, 0.15) is 31.4 Å². The van der Waals surface area contributed by atoms with Gasteiger partial charge in [-0.3, -0.25) is 0 Å². The van der Waals surface area contributed by atoms with Crippen molar-refractivity contribution in [2.45, 2.75) is 39.2 Å². The van der Waals surface area contributed by atoms with Gasteiger partial charge >= 0.3 is 0 Å². The number of morpholine rings is 1. The maximum Gasteiger partial charge on any atom is 0.0620 e. The molecule has 1 atom stereocenters. The average molecular weight is 262 g/mol. The molecule has 106 valence electrons. The maximum atomic E-state index is 5.48. The number of hydrogen-bond donors (Lipinski definition) is 2. The van der Waals surface area contributed by atoms with Gasteiger partial charge < -0.3 is 15.4 Å². The molecule has 1 fully saturated rings. The number of rotatable bonds is 6. The maximum absolute atomic E-state index is 5.48. The van der Waals surface area contributed by atoms with Crippen LogP contribution in [0.2, 0.25) is 0 Å². The van der Waals surface area contributed by atoms with Crippen LogP contribution in [0.5, 0.6) is 0 Å². The minimum atomic E-state index is 0.500. The van der Waals surface area contributed by atoms with E-state index in [0.29, 0.717) is 6.04 Å². The van der Waals surface area contributed by atoms with Gasteiger partial charge in [-0.25, -0.2) is 0 Å². The van der Waals surface area contributed by atoms with Crippen molar-refractivity contribution in [3.8, 4) is 0 Å². The van der Waals surface area contributed by atoms with Gasteiger partial charge in [0.05, 0.1) is 13.2 Å². The summed E-state index contributed by atoms with van der Waals surface area (Å²) in [5.41, 5.74) is 4.20. The number of ether oxygens (including phenoxy) is 1. The van der Waals surface area contributed by atoms with Gasteiger partial charge in [-0.1, -0.05) is 32.0 Å². The van der Waals surface area contributed by atoms with Gasteiger partial charge in [-0.2, -0.15) is 0 Å². The molecule has 3 nitrogen and oxygen atoms in total. The number of benzene rings is 1. The minimum Gasteiger partial charge on any atom is -0.385 e. The molecule has 1 aliphatic rings. The highest BCUT2D eigenvalue weighted by Gasteiger charge is 2.13. The second-order valence-electron chi connectivity index (χ2n) is 5.10. The molecule has 2 rings (SSSR count). The van der Waals surface area contributed by atoms with Crippen LogP contribution in [0, 0.1) is 0 Å². The summed E-state index contributed by atoms with van der Waals surface area (Å²) >= 11 is 0. The molecule has 0 bridgehead atoms. The third-order valence-electron chi connectivity index (χ3n) is 3.79. The van der Waals surface area contributed by atoms with Crippen LogP contribution in [0.15, 0.2) is 18.2 Å². The van der Waals surface area contributed by atoms with Crippen LogP contribution in [0.4, 0.5) is 5.69 Å². The topological polar surface area (TPSA) is 33.3 Å². The second-order valence-corrected chi connectivity index (χ2v) is 5.10. The first kappa shape index (κ1) is 14.4. The molecule has 0 radical (unpaired) electrons. The first-order valence-electron chi connectivity index (χ1n) is 7.50. The van der Waals surface area contributed by atoms with Crippen molar-refractivity contribution in [3.63, 3.8) is 0 Å². The van der Waals surface area contributed by atoms with Gasteiger partial charge in [0.1, 0.15) is 0 Å². The lowest BCUT2D eigenvalue weighted by molar-refractivity contribution is 0.0753. The van der Waals surface area contributed by atoms with Crippen molar-refractivity contribution < 1.29 is 4.74 Å². The van der Waals surface area contributed by atoms with Gasteiger partial charge in [0.15, 0.2) is 0 Å². The fraction of sp³-hybridized carbons (Fsp3) is 0.625. The van der Waals surface area contributed by atoms with E-state index in [1.54, 1.807) is 0 Å². The van der Waals surface area contributed by atoms with Crippen LogP contribution in [0.25, 0.3) is 0 Å². The fourth-order valence-electron chi connectivity index (χ4n) is 2.65. The lowest BCUT2D eigenvalue weighted by Crippen LogP contribution is -2.42. The van der Waals surface area contributed by atoms with E-state index in [1.807, 2.05) is 0 Å². The number of hydrogen-bond acceptors (Lipinski definition) is 3. The molecule has 1 heterocycles. The van der Waals surface area contributed by atoms with E-state index >= 15 is 0 Å². The molecule has 1 unspecified atom stereocenters. The van der Waals surface area contributed by atoms with Gasteiger partial charge in [0.25, 0.3) is 0 Å². The Hall–Kier alpha value is -1.06. The normalized spacial score (nSPS) is 19.4. The van der Waals surface area contributed by atoms with Gasteiger partial charge in [0.2, 0.25) is 0 Å². The first-order chi connectivity index (χ1) is 9.35. The Morgan fingerprint density at radius 1 is 1.26 bits per heavy atom. The zero-order valence-corrected chi connectivity index (χ0v) is 12.2. The Morgan fingerprint density at radius 3 is 2.58 bits per heavy atom. The van der Waals surface area contributed by atoms with E-state index in [0.717, 1.165) is 45.6 Å². The van der Waals surface area contributed by atoms with E-state index < -0.39 is 0 Å². The van der Waals surface area contributed by atoms with Crippen LogP contribution in [-0.4, -0.2) is 32.3 Å². The number of nitrogens with one attached hydrogen (secondary N) is 2. The zero-order valence-electron chi connectivity index (χ0n) is 12.2. The molecule has 19 heavy (non-hydrogen) atoms. The van der Waals surface area contributed by atoms with E-state index in [2.05, 4.69) is 42.7 Å². The van der Waals surface area contributed by atoms with Crippen LogP contribution in [-0.2, 0) is 17.6 Å². The molecule has 3 heteroatoms. The Kier molecular flexibility index (Phi) is 5.67. The zero-order chi connectivity index (χ0) is 13.5. The van der Waals surface area contributed by atoms with E-state index in [9.17, 15) is 0 Å². The molecule has 1 aliphatic heterocycles. The van der Waals surface area contributed by atoms with Crippen molar-refractivity contribution in [2.75, 3.05) is 31.6 Å². The summed E-state index contributed by atoms with van der Waals surface area (Å²) in [5, 5.41) is 7.13. The predicted molar refractivity (Wildman–Crippen MR) is 80.9 cm³/mol. The van der Waals surface area contributed by atoms with E-state index in [-0.39, 0.29) is 0 Å². The number of anilines is 1. The Balaban J connectivity index is 1.90. The fourth-order valence-corrected chi connectivity index (χ4v) is 2.65. The number of aryl methyl sites for hydroxylation is 2. The summed E-state index contributed by atoms with van der Waals surface area (Å²) in [6, 6.07) is 7.12. The van der Waals surface area contributed by atoms with Crippen molar-refractivity contribution in [3.05, 3.63) is 29.3 Å². The van der Waals surface area contributed by atoms with Crippen molar-refractivity contribution in [1.29, 1.82) is 0 Å². The first-order valence-corrected chi connectivity index (χ1v) is 7.50. The smallest absolute Gasteiger partial charge is 0.0620 e. The monoisotopic (exact) mass is 262 g/mol. The third kappa shape index (κ3) is 3.95. The molecular weight excluding hydrogens is 236 g/mol. The number of para-hydroxylation sites is 1. The largest absolute Gasteiger partial charge is 0.385 e. The highest BCUT2D eigenvalue weighted by atomic mass is 16.5. The summed E-state index contributed by atoms with van der Waals surface area (Å²) in [7, 11) is 0. The average Bonchev–Trinajstić information content (AvgIpc) is 2.48. The highest BCUT2D eigenvalue weighted by Crippen LogP contribution is 2.22. The lowest BCUT2D eigenvalue weighted by Gasteiger charge is -2.24.